The summed E-state index contributed by atoms with van der Waals surface area (Å²) in [6.07, 6.45) is 4.52. The lowest BCUT2D eigenvalue weighted by molar-refractivity contribution is 0.164. The lowest BCUT2D eigenvalue weighted by Crippen LogP contribution is -2.40. The van der Waals surface area contributed by atoms with E-state index >= 15 is 0 Å². The van der Waals surface area contributed by atoms with Crippen molar-refractivity contribution in [3.8, 4) is 0 Å². The molecule has 5 heteroatoms. The lowest BCUT2D eigenvalue weighted by Gasteiger charge is -2.30. The highest BCUT2D eigenvalue weighted by molar-refractivity contribution is 5.25. The summed E-state index contributed by atoms with van der Waals surface area (Å²) in [5.74, 6) is 0. The van der Waals surface area contributed by atoms with Gasteiger partial charge in [0.15, 0.2) is 0 Å². The van der Waals surface area contributed by atoms with Crippen LogP contribution in [0, 0.1) is 13.8 Å². The zero-order valence-corrected chi connectivity index (χ0v) is 17.6. The Balaban J connectivity index is 1.81. The SMILES string of the molecule is CCN1CCC[C@@H]1CN(Cc1ccccn1)Cc1c(C)nn(C(C)C)c1C. The summed E-state index contributed by atoms with van der Waals surface area (Å²) < 4.78 is 2.16. The van der Waals surface area contributed by atoms with Crippen LogP contribution in [0.5, 0.6) is 0 Å². The van der Waals surface area contributed by atoms with Crippen LogP contribution in [0.1, 0.15) is 62.3 Å². The summed E-state index contributed by atoms with van der Waals surface area (Å²) in [6.45, 7) is 16.3. The van der Waals surface area contributed by atoms with Crippen LogP contribution in [0.4, 0.5) is 0 Å². The normalized spacial score (nSPS) is 18.1. The third-order valence-electron chi connectivity index (χ3n) is 5.83. The van der Waals surface area contributed by atoms with Crippen molar-refractivity contribution in [3.63, 3.8) is 0 Å². The topological polar surface area (TPSA) is 37.2 Å². The minimum absolute atomic E-state index is 0.395. The van der Waals surface area contributed by atoms with Crippen molar-refractivity contribution in [2.45, 2.75) is 72.6 Å². The number of rotatable bonds is 8. The molecule has 148 valence electrons. The fourth-order valence-corrected chi connectivity index (χ4v) is 4.37. The largest absolute Gasteiger partial charge is 0.299 e. The van der Waals surface area contributed by atoms with Crippen molar-refractivity contribution in [1.29, 1.82) is 0 Å². The maximum atomic E-state index is 4.80. The van der Waals surface area contributed by atoms with Gasteiger partial charge < -0.3 is 0 Å². The Bertz CT molecular complexity index is 722. The Morgan fingerprint density at radius 2 is 2.04 bits per heavy atom. The smallest absolute Gasteiger partial charge is 0.0641 e. The fraction of sp³-hybridized carbons (Fsp3) is 0.636. The van der Waals surface area contributed by atoms with Crippen molar-refractivity contribution in [3.05, 3.63) is 47.0 Å². The van der Waals surface area contributed by atoms with E-state index in [0.29, 0.717) is 12.1 Å². The first-order valence-corrected chi connectivity index (χ1v) is 10.4. The standard InChI is InChI=1S/C22H35N5/c1-6-26-13-9-11-21(26)15-25(14-20-10-7-8-12-23-20)16-22-18(4)24-27(17(2)3)19(22)5/h7-8,10,12,17,21H,6,9,11,13-16H2,1-5H3/t21-/m1/s1. The van der Waals surface area contributed by atoms with E-state index in [9.17, 15) is 0 Å². The maximum absolute atomic E-state index is 4.80. The van der Waals surface area contributed by atoms with E-state index in [1.165, 1.54) is 30.6 Å². The van der Waals surface area contributed by atoms with Crippen molar-refractivity contribution < 1.29 is 0 Å². The van der Waals surface area contributed by atoms with Crippen LogP contribution in [0.25, 0.3) is 0 Å². The summed E-state index contributed by atoms with van der Waals surface area (Å²) in [5, 5.41) is 4.80. The summed E-state index contributed by atoms with van der Waals surface area (Å²) in [5.41, 5.74) is 4.98. The van der Waals surface area contributed by atoms with Crippen LogP contribution < -0.4 is 0 Å². The third-order valence-corrected chi connectivity index (χ3v) is 5.83. The van der Waals surface area contributed by atoms with Gasteiger partial charge in [0, 0.05) is 49.2 Å². The molecule has 1 aliphatic rings. The molecule has 1 atom stereocenters. The van der Waals surface area contributed by atoms with Gasteiger partial charge in [-0.3, -0.25) is 19.5 Å². The summed E-state index contributed by atoms with van der Waals surface area (Å²) in [7, 11) is 0. The van der Waals surface area contributed by atoms with E-state index in [-0.39, 0.29) is 0 Å². The molecule has 5 nitrogen and oxygen atoms in total. The summed E-state index contributed by atoms with van der Waals surface area (Å²) in [6, 6.07) is 7.26. The monoisotopic (exact) mass is 369 g/mol. The van der Waals surface area contributed by atoms with Gasteiger partial charge in [0.1, 0.15) is 0 Å². The summed E-state index contributed by atoms with van der Waals surface area (Å²) >= 11 is 0. The van der Waals surface area contributed by atoms with Gasteiger partial charge in [0.2, 0.25) is 0 Å². The first-order valence-electron chi connectivity index (χ1n) is 10.4. The number of hydrogen-bond acceptors (Lipinski definition) is 4. The van der Waals surface area contributed by atoms with Crippen molar-refractivity contribution in [2.24, 2.45) is 0 Å². The quantitative estimate of drug-likeness (QED) is 0.706. The van der Waals surface area contributed by atoms with Crippen LogP contribution in [-0.4, -0.2) is 50.2 Å². The van der Waals surface area contributed by atoms with E-state index in [0.717, 1.165) is 37.6 Å². The Morgan fingerprint density at radius 1 is 1.22 bits per heavy atom. The molecule has 1 aliphatic heterocycles. The second-order valence-corrected chi connectivity index (χ2v) is 8.10. The number of aryl methyl sites for hydroxylation is 1. The van der Waals surface area contributed by atoms with Gasteiger partial charge in [-0.15, -0.1) is 0 Å². The van der Waals surface area contributed by atoms with Crippen LogP contribution in [-0.2, 0) is 13.1 Å². The van der Waals surface area contributed by atoms with Gasteiger partial charge in [-0.2, -0.15) is 5.10 Å². The van der Waals surface area contributed by atoms with Gasteiger partial charge in [-0.25, -0.2) is 0 Å². The Labute approximate surface area is 164 Å². The second-order valence-electron chi connectivity index (χ2n) is 8.10. The molecule has 1 fully saturated rings. The predicted molar refractivity (Wildman–Crippen MR) is 111 cm³/mol. The number of pyridine rings is 1. The first kappa shape index (κ1) is 20.0. The molecule has 0 radical (unpaired) electrons. The molecular weight excluding hydrogens is 334 g/mol. The molecule has 2 aromatic heterocycles. The fourth-order valence-electron chi connectivity index (χ4n) is 4.37. The molecule has 0 aromatic carbocycles. The van der Waals surface area contributed by atoms with Gasteiger partial charge in [0.05, 0.1) is 11.4 Å². The highest BCUT2D eigenvalue weighted by Gasteiger charge is 2.26. The zero-order chi connectivity index (χ0) is 19.4. The molecule has 0 aliphatic carbocycles. The van der Waals surface area contributed by atoms with Crippen LogP contribution in [0.3, 0.4) is 0 Å². The number of likely N-dealkylation sites (N-methyl/N-ethyl adjacent to an activating group) is 1. The van der Waals surface area contributed by atoms with Gasteiger partial charge in [-0.05, 0) is 65.8 Å². The van der Waals surface area contributed by atoms with Gasteiger partial charge in [-0.1, -0.05) is 13.0 Å². The average molecular weight is 370 g/mol. The Kier molecular flexibility index (Phi) is 6.66. The molecule has 0 amide bonds. The van der Waals surface area contributed by atoms with Crippen molar-refractivity contribution >= 4 is 0 Å². The van der Waals surface area contributed by atoms with Crippen LogP contribution >= 0.6 is 0 Å². The number of hydrogen-bond donors (Lipinski definition) is 0. The first-order chi connectivity index (χ1) is 13.0. The Morgan fingerprint density at radius 3 is 2.67 bits per heavy atom. The highest BCUT2D eigenvalue weighted by Crippen LogP contribution is 2.23. The van der Waals surface area contributed by atoms with Crippen LogP contribution in [0.15, 0.2) is 24.4 Å². The molecule has 27 heavy (non-hydrogen) atoms. The molecular formula is C22H35N5. The van der Waals surface area contributed by atoms with E-state index < -0.39 is 0 Å². The zero-order valence-electron chi connectivity index (χ0n) is 17.6. The van der Waals surface area contributed by atoms with Gasteiger partial charge >= 0.3 is 0 Å². The number of aromatic nitrogens is 3. The van der Waals surface area contributed by atoms with Crippen LogP contribution in [0.2, 0.25) is 0 Å². The van der Waals surface area contributed by atoms with E-state index in [1.54, 1.807) is 0 Å². The minimum atomic E-state index is 0.395. The second kappa shape index (κ2) is 8.98. The Hall–Kier alpha value is -1.72. The van der Waals surface area contributed by atoms with E-state index in [1.807, 2.05) is 12.3 Å². The number of likely N-dealkylation sites (tertiary alicyclic amines) is 1. The third kappa shape index (κ3) is 4.77. The molecule has 3 heterocycles. The molecule has 0 saturated carbocycles. The number of nitrogens with zero attached hydrogens (tertiary/aromatic N) is 5. The molecule has 3 rings (SSSR count). The molecule has 0 bridgehead atoms. The molecule has 0 spiro atoms. The summed E-state index contributed by atoms with van der Waals surface area (Å²) in [4.78, 5) is 9.78. The van der Waals surface area contributed by atoms with Crippen molar-refractivity contribution in [2.75, 3.05) is 19.6 Å². The van der Waals surface area contributed by atoms with Gasteiger partial charge in [0.25, 0.3) is 0 Å². The average Bonchev–Trinajstić information content (AvgIpc) is 3.21. The molecule has 1 saturated heterocycles. The van der Waals surface area contributed by atoms with Crippen molar-refractivity contribution in [1.82, 2.24) is 24.6 Å². The van der Waals surface area contributed by atoms with E-state index in [4.69, 9.17) is 5.10 Å². The molecule has 0 N–H and O–H groups in total. The predicted octanol–water partition coefficient (Wildman–Crippen LogP) is 3.96. The minimum Gasteiger partial charge on any atom is -0.299 e. The van der Waals surface area contributed by atoms with E-state index in [2.05, 4.69) is 66.2 Å². The lowest BCUT2D eigenvalue weighted by atomic mass is 10.1. The highest BCUT2D eigenvalue weighted by atomic mass is 15.3. The maximum Gasteiger partial charge on any atom is 0.0641 e. The molecule has 2 aromatic rings. The molecule has 0 unspecified atom stereocenters.